The molecule has 0 aromatic rings. The molecule has 0 saturated carbocycles. The molecule has 2 N–H and O–H groups in total. The Morgan fingerprint density at radius 2 is 1.79 bits per heavy atom. The Bertz CT molecular complexity index is 369. The van der Waals surface area contributed by atoms with Crippen LogP contribution in [0.2, 0.25) is 0 Å². The first-order chi connectivity index (χ1) is 9.21. The quantitative estimate of drug-likeness (QED) is 0.707. The molecule has 19 heavy (non-hydrogen) atoms. The first-order valence-corrected chi connectivity index (χ1v) is 7.49. The van der Waals surface area contributed by atoms with E-state index in [9.17, 15) is 9.59 Å². The zero-order chi connectivity index (χ0) is 13.3. The molecule has 0 unspecified atom stereocenters. The Hall–Kier alpha value is -1.10. The zero-order valence-electron chi connectivity index (χ0n) is 11.4. The molecule has 0 aliphatic carbocycles. The Labute approximate surface area is 114 Å². The molecule has 3 aliphatic heterocycles. The Morgan fingerprint density at radius 1 is 1.11 bits per heavy atom. The minimum absolute atomic E-state index is 0.162. The van der Waals surface area contributed by atoms with Crippen molar-refractivity contribution in [3.8, 4) is 0 Å². The van der Waals surface area contributed by atoms with E-state index in [1.54, 1.807) is 0 Å². The minimum atomic E-state index is -0.162. The maximum Gasteiger partial charge on any atom is 0.226 e. The number of piperidine rings is 2. The lowest BCUT2D eigenvalue weighted by Gasteiger charge is -2.39. The van der Waals surface area contributed by atoms with Crippen LogP contribution in [0.3, 0.4) is 0 Å². The van der Waals surface area contributed by atoms with Gasteiger partial charge in [0.1, 0.15) is 0 Å². The second-order valence-corrected chi connectivity index (χ2v) is 6.14. The molecule has 3 aliphatic rings. The van der Waals surface area contributed by atoms with E-state index in [1.165, 1.54) is 0 Å². The second kappa shape index (κ2) is 5.12. The van der Waals surface area contributed by atoms with Gasteiger partial charge in [0.05, 0.1) is 5.41 Å². The lowest BCUT2D eigenvalue weighted by atomic mass is 9.77. The Morgan fingerprint density at radius 3 is 2.37 bits per heavy atom. The average Bonchev–Trinajstić information content (AvgIpc) is 2.81. The lowest BCUT2D eigenvalue weighted by molar-refractivity contribution is -0.142. The van der Waals surface area contributed by atoms with E-state index < -0.39 is 0 Å². The van der Waals surface area contributed by atoms with Crippen molar-refractivity contribution < 1.29 is 9.59 Å². The largest absolute Gasteiger partial charge is 0.356 e. The summed E-state index contributed by atoms with van der Waals surface area (Å²) < 4.78 is 0. The van der Waals surface area contributed by atoms with Crippen molar-refractivity contribution in [1.82, 2.24) is 15.5 Å². The van der Waals surface area contributed by atoms with Crippen molar-refractivity contribution in [2.75, 3.05) is 32.7 Å². The van der Waals surface area contributed by atoms with Crippen LogP contribution < -0.4 is 10.6 Å². The third-order valence-corrected chi connectivity index (χ3v) is 5.09. The lowest BCUT2D eigenvalue weighted by Crippen LogP contribution is -2.49. The van der Waals surface area contributed by atoms with Gasteiger partial charge in [0.15, 0.2) is 0 Å². The van der Waals surface area contributed by atoms with Crippen LogP contribution in [-0.4, -0.2) is 49.4 Å². The molecular weight excluding hydrogens is 242 g/mol. The van der Waals surface area contributed by atoms with Gasteiger partial charge in [0.2, 0.25) is 11.8 Å². The molecule has 0 aromatic heterocycles. The van der Waals surface area contributed by atoms with E-state index in [4.69, 9.17) is 0 Å². The summed E-state index contributed by atoms with van der Waals surface area (Å²) in [4.78, 5) is 26.3. The fourth-order valence-corrected chi connectivity index (χ4v) is 3.68. The van der Waals surface area contributed by atoms with E-state index in [-0.39, 0.29) is 17.2 Å². The third-order valence-electron chi connectivity index (χ3n) is 5.09. The molecule has 0 bridgehead atoms. The molecule has 0 radical (unpaired) electrons. The van der Waals surface area contributed by atoms with Gasteiger partial charge in [-0.3, -0.25) is 9.59 Å². The second-order valence-electron chi connectivity index (χ2n) is 6.14. The van der Waals surface area contributed by atoms with Gasteiger partial charge in [-0.1, -0.05) is 0 Å². The first kappa shape index (κ1) is 12.9. The molecule has 0 atom stereocenters. The normalized spacial score (nSPS) is 27.6. The maximum atomic E-state index is 12.4. The molecule has 2 amide bonds. The molecule has 1 spiro atoms. The molecule has 3 saturated heterocycles. The molecular formula is C14H23N3O2. The van der Waals surface area contributed by atoms with Crippen LogP contribution in [0.25, 0.3) is 0 Å². The van der Waals surface area contributed by atoms with Gasteiger partial charge in [-0.15, -0.1) is 0 Å². The molecule has 106 valence electrons. The predicted octanol–water partition coefficient (Wildman–Crippen LogP) is 0.115. The highest BCUT2D eigenvalue weighted by Gasteiger charge is 2.45. The number of rotatable bonds is 1. The van der Waals surface area contributed by atoms with Gasteiger partial charge >= 0.3 is 0 Å². The summed E-state index contributed by atoms with van der Waals surface area (Å²) >= 11 is 0. The third kappa shape index (κ3) is 2.36. The monoisotopic (exact) mass is 265 g/mol. The number of hydrogen-bond acceptors (Lipinski definition) is 3. The summed E-state index contributed by atoms with van der Waals surface area (Å²) in [6.07, 6.45) is 4.55. The van der Waals surface area contributed by atoms with Crippen LogP contribution in [0.4, 0.5) is 0 Å². The van der Waals surface area contributed by atoms with Crippen LogP contribution >= 0.6 is 0 Å². The van der Waals surface area contributed by atoms with Crippen molar-refractivity contribution in [3.05, 3.63) is 0 Å². The standard InChI is InChI=1S/C14H23N3O2/c18-12(11-1-6-15-7-2-11)17-9-4-14(5-10-17)3-8-16-13(14)19/h11,15H,1-10H2,(H,16,19). The van der Waals surface area contributed by atoms with Gasteiger partial charge in [0.25, 0.3) is 0 Å². The number of carbonyl (C=O) groups excluding carboxylic acids is 2. The van der Waals surface area contributed by atoms with Gasteiger partial charge in [-0.2, -0.15) is 0 Å². The number of nitrogens with zero attached hydrogens (tertiary/aromatic N) is 1. The highest BCUT2D eigenvalue weighted by Crippen LogP contribution is 2.38. The highest BCUT2D eigenvalue weighted by molar-refractivity contribution is 5.85. The minimum Gasteiger partial charge on any atom is -0.356 e. The Kier molecular flexibility index (Phi) is 3.48. The zero-order valence-corrected chi connectivity index (χ0v) is 11.4. The van der Waals surface area contributed by atoms with E-state index in [2.05, 4.69) is 10.6 Å². The molecule has 0 aromatic carbocycles. The van der Waals surface area contributed by atoms with Gasteiger partial charge in [-0.05, 0) is 45.2 Å². The summed E-state index contributed by atoms with van der Waals surface area (Å²) in [5.41, 5.74) is -0.162. The summed E-state index contributed by atoms with van der Waals surface area (Å²) in [5.74, 6) is 0.726. The predicted molar refractivity (Wildman–Crippen MR) is 71.5 cm³/mol. The highest BCUT2D eigenvalue weighted by atomic mass is 16.2. The molecule has 5 heteroatoms. The summed E-state index contributed by atoms with van der Waals surface area (Å²) in [6.45, 7) is 4.24. The number of hydrogen-bond donors (Lipinski definition) is 2. The van der Waals surface area contributed by atoms with Crippen molar-refractivity contribution in [2.24, 2.45) is 11.3 Å². The fourth-order valence-electron chi connectivity index (χ4n) is 3.68. The molecule has 5 nitrogen and oxygen atoms in total. The van der Waals surface area contributed by atoms with E-state index >= 15 is 0 Å². The van der Waals surface area contributed by atoms with Crippen molar-refractivity contribution in [1.29, 1.82) is 0 Å². The van der Waals surface area contributed by atoms with Gasteiger partial charge in [-0.25, -0.2) is 0 Å². The molecule has 3 rings (SSSR count). The topological polar surface area (TPSA) is 61.4 Å². The van der Waals surface area contributed by atoms with Crippen LogP contribution in [0.1, 0.15) is 32.1 Å². The summed E-state index contributed by atoms with van der Waals surface area (Å²) in [5, 5.41) is 6.23. The van der Waals surface area contributed by atoms with Crippen molar-refractivity contribution in [3.63, 3.8) is 0 Å². The Balaban J connectivity index is 1.57. The van der Waals surface area contributed by atoms with Crippen LogP contribution in [0.5, 0.6) is 0 Å². The van der Waals surface area contributed by atoms with Crippen LogP contribution in [0.15, 0.2) is 0 Å². The SMILES string of the molecule is O=C(C1CCNCC1)N1CCC2(CCNC2=O)CC1. The molecule has 3 fully saturated rings. The van der Waals surface area contributed by atoms with Crippen LogP contribution in [0, 0.1) is 11.3 Å². The van der Waals surface area contributed by atoms with E-state index in [0.717, 1.165) is 64.8 Å². The maximum absolute atomic E-state index is 12.4. The summed E-state index contributed by atoms with van der Waals surface area (Å²) in [7, 11) is 0. The van der Waals surface area contributed by atoms with E-state index in [1.807, 2.05) is 4.90 Å². The van der Waals surface area contributed by atoms with Gasteiger partial charge < -0.3 is 15.5 Å². The fraction of sp³-hybridized carbons (Fsp3) is 0.857. The van der Waals surface area contributed by atoms with Crippen molar-refractivity contribution in [2.45, 2.75) is 32.1 Å². The molecule has 3 heterocycles. The number of likely N-dealkylation sites (tertiary alicyclic amines) is 1. The average molecular weight is 265 g/mol. The van der Waals surface area contributed by atoms with E-state index in [0.29, 0.717) is 5.91 Å². The first-order valence-electron chi connectivity index (χ1n) is 7.49. The van der Waals surface area contributed by atoms with Gasteiger partial charge in [0, 0.05) is 25.6 Å². The number of carbonyl (C=O) groups is 2. The smallest absolute Gasteiger partial charge is 0.226 e. The number of amides is 2. The van der Waals surface area contributed by atoms with Crippen LogP contribution in [-0.2, 0) is 9.59 Å². The van der Waals surface area contributed by atoms with Crippen molar-refractivity contribution >= 4 is 11.8 Å². The number of nitrogens with one attached hydrogen (secondary N) is 2. The summed E-state index contributed by atoms with van der Waals surface area (Å²) in [6, 6.07) is 0.